The van der Waals surface area contributed by atoms with Crippen LogP contribution in [0.3, 0.4) is 0 Å². The Hall–Kier alpha value is -2.54. The fourth-order valence-corrected chi connectivity index (χ4v) is 4.39. The molecule has 6 nitrogen and oxygen atoms in total. The van der Waals surface area contributed by atoms with E-state index in [0.717, 1.165) is 28.7 Å². The predicted molar refractivity (Wildman–Crippen MR) is 122 cm³/mol. The van der Waals surface area contributed by atoms with Crippen molar-refractivity contribution >= 4 is 21.6 Å². The average molecular weight is 433 g/mol. The van der Waals surface area contributed by atoms with E-state index in [1.54, 1.807) is 19.1 Å². The van der Waals surface area contributed by atoms with Gasteiger partial charge in [-0.3, -0.25) is 9.10 Å². The van der Waals surface area contributed by atoms with E-state index in [0.29, 0.717) is 18.7 Å². The van der Waals surface area contributed by atoms with Gasteiger partial charge in [-0.25, -0.2) is 8.42 Å². The molecule has 164 valence electrons. The Labute approximate surface area is 180 Å². The number of aryl methyl sites for hydroxylation is 4. The molecule has 1 unspecified atom stereocenters. The van der Waals surface area contributed by atoms with Gasteiger partial charge in [0, 0.05) is 0 Å². The molecule has 0 aliphatic rings. The van der Waals surface area contributed by atoms with Gasteiger partial charge in [-0.2, -0.15) is 0 Å². The Morgan fingerprint density at radius 1 is 1.00 bits per heavy atom. The van der Waals surface area contributed by atoms with Crippen molar-refractivity contribution in [3.05, 3.63) is 58.7 Å². The number of ether oxygens (including phenoxy) is 1. The summed E-state index contributed by atoms with van der Waals surface area (Å²) in [7, 11) is -3.65. The number of anilines is 1. The number of benzene rings is 2. The third-order valence-corrected chi connectivity index (χ3v) is 6.40. The van der Waals surface area contributed by atoms with Gasteiger partial charge >= 0.3 is 0 Å². The van der Waals surface area contributed by atoms with Gasteiger partial charge in [-0.15, -0.1) is 0 Å². The molecule has 0 heterocycles. The summed E-state index contributed by atoms with van der Waals surface area (Å²) in [6.07, 6.45) is 1.48. The fraction of sp³-hybridized carbons (Fsp3) is 0.435. The quantitative estimate of drug-likeness (QED) is 0.614. The van der Waals surface area contributed by atoms with Crippen LogP contribution in [0.5, 0.6) is 5.75 Å². The zero-order valence-electron chi connectivity index (χ0n) is 18.7. The Bertz CT molecular complexity index is 1000. The Morgan fingerprint density at radius 3 is 2.13 bits per heavy atom. The lowest BCUT2D eigenvalue weighted by atomic mass is 10.1. The second kappa shape index (κ2) is 9.98. The summed E-state index contributed by atoms with van der Waals surface area (Å²) in [4.78, 5) is 12.8. The van der Waals surface area contributed by atoms with E-state index in [-0.39, 0.29) is 12.5 Å². The molecular formula is C23H32N2O4S. The van der Waals surface area contributed by atoms with E-state index in [1.165, 1.54) is 9.87 Å². The average Bonchev–Trinajstić information content (AvgIpc) is 2.67. The first-order valence-corrected chi connectivity index (χ1v) is 11.9. The SMILES string of the molecule is CCC(C(=O)NCCOc1ccc(C)c(C)c1)N(c1ccc(C)c(C)c1)S(C)(=O)=O. The molecular weight excluding hydrogens is 400 g/mol. The topological polar surface area (TPSA) is 75.7 Å². The standard InChI is InChI=1S/C23H32N2O4S/c1-7-22(25(30(6,27)28)20-10-8-16(2)18(4)14-20)23(26)24-12-13-29-21-11-9-17(3)19(5)15-21/h8-11,14-15,22H,7,12-13H2,1-6H3,(H,24,26). The van der Waals surface area contributed by atoms with Crippen molar-refractivity contribution in [1.82, 2.24) is 5.32 Å². The summed E-state index contributed by atoms with van der Waals surface area (Å²) in [5.74, 6) is 0.400. The largest absolute Gasteiger partial charge is 0.492 e. The minimum atomic E-state index is -3.65. The summed E-state index contributed by atoms with van der Waals surface area (Å²) in [6.45, 7) is 10.3. The van der Waals surface area contributed by atoms with Gasteiger partial charge in [0.25, 0.3) is 0 Å². The summed E-state index contributed by atoms with van der Waals surface area (Å²) in [5, 5.41) is 2.81. The van der Waals surface area contributed by atoms with Crippen molar-refractivity contribution in [1.29, 1.82) is 0 Å². The smallest absolute Gasteiger partial charge is 0.244 e. The molecule has 0 bridgehead atoms. The van der Waals surface area contributed by atoms with E-state index in [9.17, 15) is 13.2 Å². The third-order valence-electron chi connectivity index (χ3n) is 5.22. The van der Waals surface area contributed by atoms with Crippen molar-refractivity contribution in [3.8, 4) is 5.75 Å². The predicted octanol–water partition coefficient (Wildman–Crippen LogP) is 3.66. The van der Waals surface area contributed by atoms with Crippen LogP contribution in [-0.4, -0.2) is 39.8 Å². The normalized spacial score (nSPS) is 12.3. The summed E-state index contributed by atoms with van der Waals surface area (Å²) in [5.41, 5.74) is 4.86. The van der Waals surface area contributed by atoms with E-state index < -0.39 is 16.1 Å². The van der Waals surface area contributed by atoms with Crippen LogP contribution in [0.1, 0.15) is 35.6 Å². The number of nitrogens with one attached hydrogen (secondary N) is 1. The van der Waals surface area contributed by atoms with Crippen LogP contribution in [-0.2, 0) is 14.8 Å². The highest BCUT2D eigenvalue weighted by Crippen LogP contribution is 2.25. The Kier molecular flexibility index (Phi) is 7.89. The number of rotatable bonds is 9. The number of hydrogen-bond acceptors (Lipinski definition) is 4. The highest BCUT2D eigenvalue weighted by Gasteiger charge is 2.31. The lowest BCUT2D eigenvalue weighted by Gasteiger charge is -2.30. The molecule has 1 amide bonds. The second-order valence-corrected chi connectivity index (χ2v) is 9.50. The Morgan fingerprint density at radius 2 is 1.60 bits per heavy atom. The summed E-state index contributed by atoms with van der Waals surface area (Å²) >= 11 is 0. The minimum Gasteiger partial charge on any atom is -0.492 e. The summed E-state index contributed by atoms with van der Waals surface area (Å²) in [6, 6.07) is 10.4. The van der Waals surface area contributed by atoms with E-state index in [2.05, 4.69) is 5.32 Å². The van der Waals surface area contributed by atoms with Gasteiger partial charge in [-0.05, 0) is 80.6 Å². The number of amides is 1. The van der Waals surface area contributed by atoms with Crippen LogP contribution in [0.4, 0.5) is 5.69 Å². The number of nitrogens with zero attached hydrogens (tertiary/aromatic N) is 1. The molecule has 30 heavy (non-hydrogen) atoms. The maximum atomic E-state index is 12.8. The zero-order valence-corrected chi connectivity index (χ0v) is 19.5. The van der Waals surface area contributed by atoms with Crippen LogP contribution in [0.15, 0.2) is 36.4 Å². The van der Waals surface area contributed by atoms with Crippen LogP contribution in [0.25, 0.3) is 0 Å². The molecule has 2 aromatic rings. The molecule has 0 saturated carbocycles. The zero-order chi connectivity index (χ0) is 22.5. The first-order chi connectivity index (χ1) is 14.0. The molecule has 0 aliphatic heterocycles. The molecule has 1 N–H and O–H groups in total. The van der Waals surface area contributed by atoms with Crippen LogP contribution in [0.2, 0.25) is 0 Å². The highest BCUT2D eigenvalue weighted by atomic mass is 32.2. The molecule has 0 aliphatic carbocycles. The van der Waals surface area contributed by atoms with Crippen LogP contribution < -0.4 is 14.4 Å². The maximum absolute atomic E-state index is 12.8. The summed E-state index contributed by atoms with van der Waals surface area (Å²) < 4.78 is 32.0. The molecule has 1 atom stereocenters. The van der Waals surface area contributed by atoms with Gasteiger partial charge in [0.1, 0.15) is 18.4 Å². The van der Waals surface area contributed by atoms with Crippen molar-refractivity contribution in [2.24, 2.45) is 0 Å². The van der Waals surface area contributed by atoms with Crippen molar-refractivity contribution in [2.45, 2.75) is 47.1 Å². The van der Waals surface area contributed by atoms with Crippen molar-refractivity contribution in [3.63, 3.8) is 0 Å². The lowest BCUT2D eigenvalue weighted by Crippen LogP contribution is -2.50. The van der Waals surface area contributed by atoms with Crippen molar-refractivity contribution in [2.75, 3.05) is 23.7 Å². The van der Waals surface area contributed by atoms with E-state index >= 15 is 0 Å². The molecule has 0 spiro atoms. The Balaban J connectivity index is 2.07. The van der Waals surface area contributed by atoms with Crippen LogP contribution in [0, 0.1) is 27.7 Å². The molecule has 0 saturated heterocycles. The number of sulfonamides is 1. The van der Waals surface area contributed by atoms with E-state index in [4.69, 9.17) is 4.74 Å². The minimum absolute atomic E-state index is 0.285. The van der Waals surface area contributed by atoms with Crippen LogP contribution >= 0.6 is 0 Å². The van der Waals surface area contributed by atoms with E-state index in [1.807, 2.05) is 52.0 Å². The third kappa shape index (κ3) is 5.98. The molecule has 0 fully saturated rings. The number of hydrogen-bond donors (Lipinski definition) is 1. The first kappa shape index (κ1) is 23.7. The maximum Gasteiger partial charge on any atom is 0.244 e. The molecule has 2 rings (SSSR count). The second-order valence-electron chi connectivity index (χ2n) is 7.64. The number of carbonyl (C=O) groups is 1. The lowest BCUT2D eigenvalue weighted by molar-refractivity contribution is -0.122. The fourth-order valence-electron chi connectivity index (χ4n) is 3.19. The highest BCUT2D eigenvalue weighted by molar-refractivity contribution is 7.92. The molecule has 2 aromatic carbocycles. The monoisotopic (exact) mass is 432 g/mol. The van der Waals surface area contributed by atoms with Gasteiger partial charge in [0.15, 0.2) is 0 Å². The van der Waals surface area contributed by atoms with Gasteiger partial charge in [0.05, 0.1) is 18.5 Å². The van der Waals surface area contributed by atoms with Gasteiger partial charge < -0.3 is 10.1 Å². The van der Waals surface area contributed by atoms with Gasteiger partial charge in [0.2, 0.25) is 15.9 Å². The molecule has 7 heteroatoms. The molecule has 0 aromatic heterocycles. The molecule has 0 radical (unpaired) electrons. The van der Waals surface area contributed by atoms with Gasteiger partial charge in [-0.1, -0.05) is 19.1 Å². The first-order valence-electron chi connectivity index (χ1n) is 10.1. The number of carbonyl (C=O) groups excluding carboxylic acids is 1. The van der Waals surface area contributed by atoms with Crippen molar-refractivity contribution < 1.29 is 17.9 Å².